The van der Waals surface area contributed by atoms with Crippen LogP contribution in [-0.4, -0.2) is 18.0 Å². The third kappa shape index (κ3) is 2.89. The Kier molecular flexibility index (Phi) is 4.35. The van der Waals surface area contributed by atoms with Gasteiger partial charge in [-0.2, -0.15) is 0 Å². The van der Waals surface area contributed by atoms with Gasteiger partial charge in [-0.1, -0.05) is 47.7 Å². The summed E-state index contributed by atoms with van der Waals surface area (Å²) in [4.78, 5) is 33.7. The number of hydrogen-bond acceptors (Lipinski definition) is 6. The third-order valence-electron chi connectivity index (χ3n) is 5.95. The molecule has 6 rings (SSSR count). The first-order chi connectivity index (χ1) is 16.1. The van der Waals surface area contributed by atoms with Gasteiger partial charge in [0, 0.05) is 5.56 Å². The molecule has 3 aromatic carbocycles. The SMILES string of the molecule is COc1ccccc1[C@@H]1c2c(oc3ccccc3c2=O)C(=O)N1c1nc2ccc(C)cc2s1. The molecule has 1 aliphatic heterocycles. The maximum absolute atomic E-state index is 13.7. The number of fused-ring (bicyclic) bond motifs is 3. The van der Waals surface area contributed by atoms with Crippen molar-refractivity contribution in [3.8, 4) is 5.75 Å². The second kappa shape index (κ2) is 7.28. The molecular formula is C26H18N2O4S. The number of ether oxygens (including phenoxy) is 1. The number of carbonyl (C=O) groups is 1. The number of carbonyl (C=O) groups excluding carboxylic acids is 1. The molecule has 1 aliphatic rings. The number of hydrogen-bond donors (Lipinski definition) is 0. The minimum Gasteiger partial charge on any atom is -0.496 e. The van der Waals surface area contributed by atoms with Gasteiger partial charge in [-0.15, -0.1) is 0 Å². The Balaban J connectivity index is 1.66. The average Bonchev–Trinajstić information content (AvgIpc) is 3.37. The van der Waals surface area contributed by atoms with E-state index in [4.69, 9.17) is 14.1 Å². The van der Waals surface area contributed by atoms with Crippen LogP contribution in [0.15, 0.2) is 75.9 Å². The number of para-hydroxylation sites is 2. The second-order valence-electron chi connectivity index (χ2n) is 7.96. The van der Waals surface area contributed by atoms with Crippen LogP contribution in [-0.2, 0) is 0 Å². The molecule has 5 aromatic rings. The van der Waals surface area contributed by atoms with Gasteiger partial charge in [-0.3, -0.25) is 14.5 Å². The maximum atomic E-state index is 13.7. The van der Waals surface area contributed by atoms with E-state index >= 15 is 0 Å². The van der Waals surface area contributed by atoms with Crippen LogP contribution in [0.25, 0.3) is 21.2 Å². The smallest absolute Gasteiger partial charge is 0.297 e. The van der Waals surface area contributed by atoms with Crippen LogP contribution in [0.3, 0.4) is 0 Å². The van der Waals surface area contributed by atoms with Crippen molar-refractivity contribution in [2.24, 2.45) is 0 Å². The van der Waals surface area contributed by atoms with Gasteiger partial charge >= 0.3 is 0 Å². The number of aromatic nitrogens is 1. The van der Waals surface area contributed by atoms with Gasteiger partial charge in [0.05, 0.1) is 28.3 Å². The summed E-state index contributed by atoms with van der Waals surface area (Å²) in [6, 6.07) is 19.6. The van der Waals surface area contributed by atoms with Crippen molar-refractivity contribution in [3.05, 3.63) is 99.4 Å². The Morgan fingerprint density at radius 1 is 1.03 bits per heavy atom. The average molecular weight is 455 g/mol. The van der Waals surface area contributed by atoms with E-state index in [1.165, 1.54) is 11.3 Å². The van der Waals surface area contributed by atoms with Crippen LogP contribution in [0.1, 0.15) is 33.3 Å². The quantitative estimate of drug-likeness (QED) is 0.361. The Labute approximate surface area is 192 Å². The normalized spacial score (nSPS) is 15.4. The Hall–Kier alpha value is -3.97. The van der Waals surface area contributed by atoms with Gasteiger partial charge in [0.15, 0.2) is 10.6 Å². The van der Waals surface area contributed by atoms with Crippen LogP contribution in [0.4, 0.5) is 5.13 Å². The van der Waals surface area contributed by atoms with Crippen LogP contribution in [0.2, 0.25) is 0 Å². The number of anilines is 1. The van der Waals surface area contributed by atoms with Crippen LogP contribution >= 0.6 is 11.3 Å². The van der Waals surface area contributed by atoms with Crippen molar-refractivity contribution >= 4 is 43.6 Å². The highest BCUT2D eigenvalue weighted by molar-refractivity contribution is 7.22. The zero-order chi connectivity index (χ0) is 22.7. The third-order valence-corrected chi connectivity index (χ3v) is 6.97. The predicted octanol–water partition coefficient (Wildman–Crippen LogP) is 5.47. The number of thiazole rings is 1. The van der Waals surface area contributed by atoms with Crippen molar-refractivity contribution in [1.82, 2.24) is 4.98 Å². The number of methoxy groups -OCH3 is 1. The second-order valence-corrected chi connectivity index (χ2v) is 8.97. The first kappa shape index (κ1) is 19.7. The molecule has 1 atom stereocenters. The largest absolute Gasteiger partial charge is 0.496 e. The number of aryl methyl sites for hydroxylation is 1. The molecule has 0 aliphatic carbocycles. The van der Waals surface area contributed by atoms with Crippen LogP contribution in [0.5, 0.6) is 5.75 Å². The van der Waals surface area contributed by atoms with Crippen LogP contribution in [0, 0.1) is 6.92 Å². The lowest BCUT2D eigenvalue weighted by molar-refractivity contribution is 0.0971. The van der Waals surface area contributed by atoms with E-state index in [0.717, 1.165) is 15.8 Å². The molecule has 0 radical (unpaired) electrons. The molecule has 3 heterocycles. The van der Waals surface area contributed by atoms with E-state index in [1.807, 2.05) is 49.4 Å². The molecule has 162 valence electrons. The summed E-state index contributed by atoms with van der Waals surface area (Å²) in [5.74, 6) is 0.238. The lowest BCUT2D eigenvalue weighted by Gasteiger charge is -2.24. The molecule has 7 heteroatoms. The molecular weight excluding hydrogens is 436 g/mol. The zero-order valence-electron chi connectivity index (χ0n) is 17.9. The van der Waals surface area contributed by atoms with E-state index in [2.05, 4.69) is 0 Å². The fourth-order valence-electron chi connectivity index (χ4n) is 4.43. The first-order valence-electron chi connectivity index (χ1n) is 10.5. The molecule has 2 aromatic heterocycles. The van der Waals surface area contributed by atoms with E-state index in [9.17, 15) is 9.59 Å². The van der Waals surface area contributed by atoms with Gasteiger partial charge in [0.25, 0.3) is 5.91 Å². The fraction of sp³-hybridized carbons (Fsp3) is 0.115. The monoisotopic (exact) mass is 454 g/mol. The molecule has 6 nitrogen and oxygen atoms in total. The molecule has 0 spiro atoms. The van der Waals surface area contributed by atoms with E-state index in [0.29, 0.717) is 33.0 Å². The molecule has 0 saturated carbocycles. The number of benzene rings is 3. The van der Waals surface area contributed by atoms with E-state index in [-0.39, 0.29) is 17.1 Å². The molecule has 0 bridgehead atoms. The fourth-order valence-corrected chi connectivity index (χ4v) is 5.52. The van der Waals surface area contributed by atoms with Gasteiger partial charge < -0.3 is 9.15 Å². The van der Waals surface area contributed by atoms with Crippen LogP contribution < -0.4 is 15.1 Å². The summed E-state index contributed by atoms with van der Waals surface area (Å²) in [7, 11) is 1.57. The topological polar surface area (TPSA) is 72.6 Å². The summed E-state index contributed by atoms with van der Waals surface area (Å²) < 4.78 is 12.6. The van der Waals surface area contributed by atoms with Gasteiger partial charge in [-0.25, -0.2) is 4.98 Å². The summed E-state index contributed by atoms with van der Waals surface area (Å²) in [5.41, 5.74) is 3.07. The number of rotatable bonds is 3. The highest BCUT2D eigenvalue weighted by Crippen LogP contribution is 2.45. The zero-order valence-corrected chi connectivity index (χ0v) is 18.7. The standard InChI is InChI=1S/C26H18N2O4S/c1-14-11-12-17-20(13-14)33-26(27-17)28-22(15-7-3-5-9-18(15)31-2)21-23(29)16-8-4-6-10-19(16)32-24(21)25(28)30/h3-13,22H,1-2H3/t22-/m1/s1. The lowest BCUT2D eigenvalue weighted by Crippen LogP contribution is -2.29. The van der Waals surface area contributed by atoms with Crippen molar-refractivity contribution in [1.29, 1.82) is 0 Å². The molecule has 0 unspecified atom stereocenters. The molecule has 0 N–H and O–H groups in total. The van der Waals surface area contributed by atoms with Crippen molar-refractivity contribution in [2.75, 3.05) is 12.0 Å². The van der Waals surface area contributed by atoms with E-state index in [1.54, 1.807) is 36.3 Å². The summed E-state index contributed by atoms with van der Waals surface area (Å²) in [5, 5.41) is 0.942. The Morgan fingerprint density at radius 2 is 1.82 bits per heavy atom. The first-order valence-corrected chi connectivity index (χ1v) is 11.3. The number of amides is 1. The highest BCUT2D eigenvalue weighted by atomic mass is 32.1. The Morgan fingerprint density at radius 3 is 2.67 bits per heavy atom. The van der Waals surface area contributed by atoms with Crippen molar-refractivity contribution < 1.29 is 13.9 Å². The molecule has 1 amide bonds. The summed E-state index contributed by atoms with van der Waals surface area (Å²) >= 11 is 1.41. The van der Waals surface area contributed by atoms with E-state index < -0.39 is 6.04 Å². The lowest BCUT2D eigenvalue weighted by atomic mass is 9.98. The summed E-state index contributed by atoms with van der Waals surface area (Å²) in [6.07, 6.45) is 0. The predicted molar refractivity (Wildman–Crippen MR) is 128 cm³/mol. The molecule has 0 fully saturated rings. The van der Waals surface area contributed by atoms with Gasteiger partial charge in [0.2, 0.25) is 5.76 Å². The molecule has 0 saturated heterocycles. The van der Waals surface area contributed by atoms with Gasteiger partial charge in [-0.05, 0) is 42.8 Å². The summed E-state index contributed by atoms with van der Waals surface area (Å²) in [6.45, 7) is 2.02. The number of nitrogens with zero attached hydrogens (tertiary/aromatic N) is 2. The highest BCUT2D eigenvalue weighted by Gasteiger charge is 2.46. The minimum atomic E-state index is -0.717. The van der Waals surface area contributed by atoms with Crippen molar-refractivity contribution in [3.63, 3.8) is 0 Å². The minimum absolute atomic E-state index is 0.0463. The molecule has 33 heavy (non-hydrogen) atoms. The van der Waals surface area contributed by atoms with Gasteiger partial charge in [0.1, 0.15) is 17.4 Å². The Bertz CT molecular complexity index is 1640. The maximum Gasteiger partial charge on any atom is 0.297 e. The van der Waals surface area contributed by atoms with Crippen molar-refractivity contribution in [2.45, 2.75) is 13.0 Å².